The zero-order valence-corrected chi connectivity index (χ0v) is 15.6. The van der Waals surface area contributed by atoms with Crippen molar-refractivity contribution < 1.29 is 4.52 Å². The minimum atomic E-state index is 0.284. The molecule has 2 saturated heterocycles. The Morgan fingerprint density at radius 3 is 2.65 bits per heavy atom. The second kappa shape index (κ2) is 6.46. The minimum absolute atomic E-state index is 0.284. The lowest BCUT2D eigenvalue weighted by atomic mass is 9.76. The van der Waals surface area contributed by atoms with Gasteiger partial charge in [0.25, 0.3) is 5.89 Å². The summed E-state index contributed by atoms with van der Waals surface area (Å²) >= 11 is 0. The Hall–Kier alpha value is -1.72. The Morgan fingerprint density at radius 2 is 1.92 bits per heavy atom. The normalized spacial score (nSPS) is 26.6. The van der Waals surface area contributed by atoms with Crippen LogP contribution in [0.2, 0.25) is 0 Å². The molecular weight excluding hydrogens is 324 g/mol. The third-order valence-electron chi connectivity index (χ3n) is 6.63. The Labute approximate surface area is 155 Å². The summed E-state index contributed by atoms with van der Waals surface area (Å²) in [4.78, 5) is 9.86. The molecule has 5 nitrogen and oxygen atoms in total. The average Bonchev–Trinajstić information content (AvgIpc) is 3.24. The predicted octanol–water partition coefficient (Wildman–Crippen LogP) is 3.61. The lowest BCUT2D eigenvalue weighted by molar-refractivity contribution is 0.107. The van der Waals surface area contributed by atoms with Crippen molar-refractivity contribution in [3.8, 4) is 11.5 Å². The summed E-state index contributed by atoms with van der Waals surface area (Å²) in [5.41, 5.74) is 1.43. The van der Waals surface area contributed by atoms with Crippen molar-refractivity contribution in [3.05, 3.63) is 36.2 Å². The first-order chi connectivity index (χ1) is 12.7. The van der Waals surface area contributed by atoms with Gasteiger partial charge in [0, 0.05) is 18.7 Å². The first-order valence-electron chi connectivity index (χ1n) is 10.0. The number of piperidine rings is 1. The lowest BCUT2D eigenvalue weighted by Gasteiger charge is -2.39. The van der Waals surface area contributed by atoms with E-state index in [1.807, 2.05) is 30.3 Å². The van der Waals surface area contributed by atoms with E-state index in [0.717, 1.165) is 30.3 Å². The first-order valence-corrected chi connectivity index (χ1v) is 10.0. The Morgan fingerprint density at radius 1 is 1.15 bits per heavy atom. The highest BCUT2D eigenvalue weighted by atomic mass is 16.5. The van der Waals surface area contributed by atoms with E-state index in [9.17, 15) is 0 Å². The summed E-state index contributed by atoms with van der Waals surface area (Å²) in [7, 11) is 2.22. The van der Waals surface area contributed by atoms with Crippen LogP contribution in [0.25, 0.3) is 11.5 Å². The molecular formula is C21H28N4O. The fourth-order valence-corrected chi connectivity index (χ4v) is 4.86. The van der Waals surface area contributed by atoms with E-state index in [2.05, 4.69) is 22.0 Å². The highest BCUT2D eigenvalue weighted by Crippen LogP contribution is 2.48. The molecule has 0 N–H and O–H groups in total. The van der Waals surface area contributed by atoms with E-state index in [0.29, 0.717) is 11.3 Å². The van der Waals surface area contributed by atoms with E-state index < -0.39 is 0 Å². The number of rotatable bonds is 4. The van der Waals surface area contributed by atoms with E-state index >= 15 is 0 Å². The molecule has 1 unspecified atom stereocenters. The number of likely N-dealkylation sites (tertiary alicyclic amines) is 2. The third-order valence-corrected chi connectivity index (χ3v) is 6.63. The van der Waals surface area contributed by atoms with Crippen molar-refractivity contribution in [2.45, 2.75) is 38.1 Å². The maximum atomic E-state index is 5.56. The number of aromatic nitrogens is 2. The smallest absolute Gasteiger partial charge is 0.257 e. The van der Waals surface area contributed by atoms with Crippen LogP contribution >= 0.6 is 0 Å². The van der Waals surface area contributed by atoms with Gasteiger partial charge in [-0.25, -0.2) is 0 Å². The number of hydrogen-bond acceptors (Lipinski definition) is 5. The predicted molar refractivity (Wildman–Crippen MR) is 101 cm³/mol. The maximum Gasteiger partial charge on any atom is 0.257 e. The van der Waals surface area contributed by atoms with Crippen LogP contribution in [0.4, 0.5) is 0 Å². The molecule has 3 fully saturated rings. The van der Waals surface area contributed by atoms with Crippen molar-refractivity contribution >= 4 is 0 Å². The van der Waals surface area contributed by atoms with Crippen LogP contribution in [0, 0.1) is 11.3 Å². The Balaban J connectivity index is 1.27. The molecule has 3 heterocycles. The third kappa shape index (κ3) is 3.19. The van der Waals surface area contributed by atoms with Gasteiger partial charge in [0.15, 0.2) is 5.82 Å². The summed E-state index contributed by atoms with van der Waals surface area (Å²) in [6, 6.07) is 10.3. The molecule has 3 aliphatic rings. The largest absolute Gasteiger partial charge is 0.334 e. The molecule has 1 aromatic carbocycles. The first kappa shape index (κ1) is 16.5. The van der Waals surface area contributed by atoms with Gasteiger partial charge in [0.05, 0.1) is 6.04 Å². The van der Waals surface area contributed by atoms with E-state index in [4.69, 9.17) is 9.51 Å². The summed E-state index contributed by atoms with van der Waals surface area (Å²) in [6.07, 6.45) is 6.69. The van der Waals surface area contributed by atoms with Gasteiger partial charge in [-0.3, -0.25) is 4.90 Å². The van der Waals surface area contributed by atoms with Crippen LogP contribution in [0.1, 0.15) is 44.0 Å². The highest BCUT2D eigenvalue weighted by Gasteiger charge is 2.46. The van der Waals surface area contributed by atoms with Crippen LogP contribution in [0.5, 0.6) is 0 Å². The van der Waals surface area contributed by atoms with Crippen LogP contribution in [0.15, 0.2) is 34.9 Å². The van der Waals surface area contributed by atoms with Crippen molar-refractivity contribution in [1.82, 2.24) is 19.9 Å². The monoisotopic (exact) mass is 352 g/mol. The van der Waals surface area contributed by atoms with Gasteiger partial charge in [0.2, 0.25) is 0 Å². The SMILES string of the molecule is CN1CC2(CCN(CC3CC3)CC2)CC1c1noc(-c2ccccc2)n1. The van der Waals surface area contributed by atoms with Gasteiger partial charge >= 0.3 is 0 Å². The fourth-order valence-electron chi connectivity index (χ4n) is 4.86. The molecule has 2 aliphatic heterocycles. The van der Waals surface area contributed by atoms with Gasteiger partial charge in [-0.2, -0.15) is 4.98 Å². The fraction of sp³-hybridized carbons (Fsp3) is 0.619. The molecule has 0 radical (unpaired) electrons. The van der Waals surface area contributed by atoms with Crippen LogP contribution in [0.3, 0.4) is 0 Å². The van der Waals surface area contributed by atoms with Crippen LogP contribution < -0.4 is 0 Å². The number of nitrogens with zero attached hydrogens (tertiary/aromatic N) is 4. The topological polar surface area (TPSA) is 45.4 Å². The lowest BCUT2D eigenvalue weighted by Crippen LogP contribution is -2.42. The Bertz CT molecular complexity index is 746. The van der Waals surface area contributed by atoms with Gasteiger partial charge in [0.1, 0.15) is 0 Å². The second-order valence-corrected chi connectivity index (χ2v) is 8.70. The standard InChI is InChI=1S/C21H28N4O/c1-24-15-21(9-11-25(12-10-21)14-16-7-8-16)13-18(24)19-22-20(26-23-19)17-5-3-2-4-6-17/h2-6,16,18H,7-15H2,1H3. The summed E-state index contributed by atoms with van der Waals surface area (Å²) < 4.78 is 5.56. The van der Waals surface area contributed by atoms with Gasteiger partial charge < -0.3 is 9.42 Å². The van der Waals surface area contributed by atoms with Gasteiger partial charge in [-0.1, -0.05) is 23.4 Å². The molecule has 0 bridgehead atoms. The molecule has 1 aromatic heterocycles. The van der Waals surface area contributed by atoms with E-state index in [-0.39, 0.29) is 6.04 Å². The second-order valence-electron chi connectivity index (χ2n) is 8.70. The molecule has 2 aromatic rings. The van der Waals surface area contributed by atoms with Crippen LogP contribution in [-0.2, 0) is 0 Å². The Kier molecular flexibility index (Phi) is 4.09. The highest BCUT2D eigenvalue weighted by molar-refractivity contribution is 5.52. The zero-order chi connectivity index (χ0) is 17.6. The minimum Gasteiger partial charge on any atom is -0.334 e. The number of benzene rings is 1. The molecule has 1 atom stereocenters. The summed E-state index contributed by atoms with van der Waals surface area (Å²) in [5, 5.41) is 4.33. The quantitative estimate of drug-likeness (QED) is 0.841. The molecule has 1 spiro atoms. The van der Waals surface area contributed by atoms with Gasteiger partial charge in [-0.15, -0.1) is 0 Å². The van der Waals surface area contributed by atoms with Crippen molar-refractivity contribution in [3.63, 3.8) is 0 Å². The summed E-state index contributed by atoms with van der Waals surface area (Å²) in [5.74, 6) is 2.48. The van der Waals surface area contributed by atoms with Crippen molar-refractivity contribution in [2.24, 2.45) is 11.3 Å². The average molecular weight is 352 g/mol. The molecule has 138 valence electrons. The number of hydrogen-bond donors (Lipinski definition) is 0. The zero-order valence-electron chi connectivity index (χ0n) is 15.6. The molecule has 1 aliphatic carbocycles. The summed E-state index contributed by atoms with van der Waals surface area (Å²) in [6.45, 7) is 5.02. The molecule has 0 amide bonds. The molecule has 5 rings (SSSR count). The van der Waals surface area contributed by atoms with Crippen molar-refractivity contribution in [2.75, 3.05) is 33.2 Å². The molecule has 26 heavy (non-hydrogen) atoms. The van der Waals surface area contributed by atoms with Gasteiger partial charge in [-0.05, 0) is 75.7 Å². The van der Waals surface area contributed by atoms with E-state index in [1.165, 1.54) is 45.3 Å². The van der Waals surface area contributed by atoms with E-state index in [1.54, 1.807) is 0 Å². The van der Waals surface area contributed by atoms with Crippen molar-refractivity contribution in [1.29, 1.82) is 0 Å². The molecule has 5 heteroatoms. The maximum absolute atomic E-state index is 5.56. The van der Waals surface area contributed by atoms with Crippen LogP contribution in [-0.4, -0.2) is 53.2 Å². The molecule has 1 saturated carbocycles.